The zero-order valence-electron chi connectivity index (χ0n) is 11.0. The van der Waals surface area contributed by atoms with Crippen LogP contribution in [0.2, 0.25) is 0 Å². The maximum Gasteiger partial charge on any atom is 0.00748 e. The first-order chi connectivity index (χ1) is 8.29. The quantitative estimate of drug-likeness (QED) is 0.772. The second-order valence-electron chi connectivity index (χ2n) is 4.88. The molecule has 17 heavy (non-hydrogen) atoms. The maximum absolute atomic E-state index is 3.46. The van der Waals surface area contributed by atoms with E-state index >= 15 is 0 Å². The number of thioether (sulfide) groups is 1. The lowest BCUT2D eigenvalue weighted by molar-refractivity contribution is 0.556. The lowest BCUT2D eigenvalue weighted by Crippen LogP contribution is -2.25. The van der Waals surface area contributed by atoms with Gasteiger partial charge in [-0.3, -0.25) is 0 Å². The first-order valence-electron chi connectivity index (χ1n) is 6.77. The number of benzene rings is 1. The third-order valence-corrected chi connectivity index (χ3v) is 4.47. The Hall–Kier alpha value is -0.470. The minimum atomic E-state index is 0.641. The molecule has 1 aliphatic rings. The first kappa shape index (κ1) is 13.0. The lowest BCUT2D eigenvalue weighted by Gasteiger charge is -2.11. The molecule has 0 saturated carbocycles. The molecule has 2 heteroatoms. The molecule has 1 unspecified atom stereocenters. The van der Waals surface area contributed by atoms with E-state index in [1.54, 1.807) is 11.1 Å². The highest BCUT2D eigenvalue weighted by Crippen LogP contribution is 2.27. The fourth-order valence-electron chi connectivity index (χ4n) is 2.44. The summed E-state index contributed by atoms with van der Waals surface area (Å²) in [7, 11) is 0. The van der Waals surface area contributed by atoms with Crippen molar-refractivity contribution in [1.82, 2.24) is 5.32 Å². The number of hydrogen-bond acceptors (Lipinski definition) is 2. The van der Waals surface area contributed by atoms with Gasteiger partial charge >= 0.3 is 0 Å². The van der Waals surface area contributed by atoms with Crippen molar-refractivity contribution >= 4 is 11.8 Å². The van der Waals surface area contributed by atoms with Crippen molar-refractivity contribution in [2.24, 2.45) is 0 Å². The first-order valence-corrected chi connectivity index (χ1v) is 7.76. The molecule has 1 aromatic carbocycles. The van der Waals surface area contributed by atoms with Gasteiger partial charge in [0.25, 0.3) is 0 Å². The Morgan fingerprint density at radius 2 is 2.12 bits per heavy atom. The van der Waals surface area contributed by atoms with Gasteiger partial charge in [-0.25, -0.2) is 0 Å². The van der Waals surface area contributed by atoms with Gasteiger partial charge in [-0.1, -0.05) is 13.0 Å². The average Bonchev–Trinajstić information content (AvgIpc) is 2.76. The van der Waals surface area contributed by atoms with Crippen LogP contribution in [0.4, 0.5) is 0 Å². The molecule has 1 nitrogen and oxygen atoms in total. The molecule has 1 aliphatic carbocycles. The summed E-state index contributed by atoms with van der Waals surface area (Å²) in [6, 6.07) is 7.68. The molecule has 0 heterocycles. The van der Waals surface area contributed by atoms with Crippen LogP contribution < -0.4 is 5.32 Å². The summed E-state index contributed by atoms with van der Waals surface area (Å²) in [6.45, 7) is 5.52. The van der Waals surface area contributed by atoms with Crippen molar-refractivity contribution in [1.29, 1.82) is 0 Å². The third kappa shape index (κ3) is 3.75. The van der Waals surface area contributed by atoms with Crippen LogP contribution in [0.15, 0.2) is 23.1 Å². The Bertz CT molecular complexity index is 362. The molecular formula is C15H23NS. The van der Waals surface area contributed by atoms with E-state index in [9.17, 15) is 0 Å². The predicted octanol–water partition coefficient (Wildman–Crippen LogP) is 3.66. The van der Waals surface area contributed by atoms with Crippen molar-refractivity contribution in [3.63, 3.8) is 0 Å². The summed E-state index contributed by atoms with van der Waals surface area (Å²) >= 11 is 2.00. The van der Waals surface area contributed by atoms with Crippen LogP contribution in [0.25, 0.3) is 0 Å². The standard InChI is InChI=1S/C15H23NS/c1-3-16-12(2)9-10-17-15-8-7-13-5-4-6-14(13)11-15/h7-8,11-12,16H,3-6,9-10H2,1-2H3. The van der Waals surface area contributed by atoms with E-state index in [0.29, 0.717) is 6.04 Å². The van der Waals surface area contributed by atoms with Gasteiger partial charge in [-0.15, -0.1) is 11.8 Å². The van der Waals surface area contributed by atoms with Crippen LogP contribution >= 0.6 is 11.8 Å². The van der Waals surface area contributed by atoms with Crippen LogP contribution in [0.1, 0.15) is 37.8 Å². The van der Waals surface area contributed by atoms with E-state index in [0.717, 1.165) is 6.54 Å². The summed E-state index contributed by atoms with van der Waals surface area (Å²) in [6.07, 6.45) is 5.17. The zero-order valence-corrected chi connectivity index (χ0v) is 11.8. The van der Waals surface area contributed by atoms with E-state index < -0.39 is 0 Å². The summed E-state index contributed by atoms with van der Waals surface area (Å²) in [5.74, 6) is 1.22. The molecule has 1 atom stereocenters. The van der Waals surface area contributed by atoms with Gasteiger partial charge in [0.2, 0.25) is 0 Å². The Morgan fingerprint density at radius 3 is 2.94 bits per heavy atom. The molecule has 2 rings (SSSR count). The number of aryl methyl sites for hydroxylation is 2. The fourth-order valence-corrected chi connectivity index (χ4v) is 3.54. The molecule has 0 fully saturated rings. The van der Waals surface area contributed by atoms with Crippen molar-refractivity contribution in [3.8, 4) is 0 Å². The van der Waals surface area contributed by atoms with Crippen molar-refractivity contribution < 1.29 is 0 Å². The van der Waals surface area contributed by atoms with Crippen molar-refractivity contribution in [2.45, 2.75) is 50.5 Å². The molecule has 1 aromatic rings. The molecule has 94 valence electrons. The molecule has 1 N–H and O–H groups in total. The lowest BCUT2D eigenvalue weighted by atomic mass is 10.1. The van der Waals surface area contributed by atoms with Gasteiger partial charge in [-0.2, -0.15) is 0 Å². The summed E-state index contributed by atoms with van der Waals surface area (Å²) in [5, 5.41) is 3.46. The molecule has 0 aromatic heterocycles. The highest BCUT2D eigenvalue weighted by Gasteiger charge is 2.10. The van der Waals surface area contributed by atoms with E-state index in [4.69, 9.17) is 0 Å². The maximum atomic E-state index is 3.46. The highest BCUT2D eigenvalue weighted by atomic mass is 32.2. The summed E-state index contributed by atoms with van der Waals surface area (Å²) in [4.78, 5) is 1.45. The number of fused-ring (bicyclic) bond motifs is 1. The van der Waals surface area contributed by atoms with E-state index in [-0.39, 0.29) is 0 Å². The van der Waals surface area contributed by atoms with E-state index in [1.807, 2.05) is 11.8 Å². The molecule has 0 saturated heterocycles. The van der Waals surface area contributed by atoms with Gasteiger partial charge in [0.05, 0.1) is 0 Å². The number of hydrogen-bond donors (Lipinski definition) is 1. The largest absolute Gasteiger partial charge is 0.315 e. The average molecular weight is 249 g/mol. The van der Waals surface area contributed by atoms with Crippen molar-refractivity contribution in [3.05, 3.63) is 29.3 Å². The second kappa shape index (κ2) is 6.46. The van der Waals surface area contributed by atoms with Gasteiger partial charge in [0.1, 0.15) is 0 Å². The van der Waals surface area contributed by atoms with Crippen LogP contribution in [0.5, 0.6) is 0 Å². The highest BCUT2D eigenvalue weighted by molar-refractivity contribution is 7.99. The van der Waals surface area contributed by atoms with Gasteiger partial charge in [0.15, 0.2) is 0 Å². The summed E-state index contributed by atoms with van der Waals surface area (Å²) < 4.78 is 0. The fraction of sp³-hybridized carbons (Fsp3) is 0.600. The van der Waals surface area contributed by atoms with E-state index in [1.165, 1.54) is 36.3 Å². The van der Waals surface area contributed by atoms with Crippen molar-refractivity contribution in [2.75, 3.05) is 12.3 Å². The molecule has 0 amide bonds. The number of nitrogens with one attached hydrogen (secondary N) is 1. The smallest absolute Gasteiger partial charge is 0.00748 e. The molecule has 0 aliphatic heterocycles. The van der Waals surface area contributed by atoms with Gasteiger partial charge < -0.3 is 5.32 Å². The van der Waals surface area contributed by atoms with Gasteiger partial charge in [-0.05, 0) is 68.2 Å². The summed E-state index contributed by atoms with van der Waals surface area (Å²) in [5.41, 5.74) is 3.17. The molecule has 0 radical (unpaired) electrons. The zero-order chi connectivity index (χ0) is 12.1. The Balaban J connectivity index is 1.79. The van der Waals surface area contributed by atoms with Crippen LogP contribution in [-0.2, 0) is 12.8 Å². The van der Waals surface area contributed by atoms with Crippen LogP contribution in [0.3, 0.4) is 0 Å². The normalized spacial score (nSPS) is 15.9. The van der Waals surface area contributed by atoms with Crippen LogP contribution in [-0.4, -0.2) is 18.3 Å². The minimum absolute atomic E-state index is 0.641. The molecule has 0 spiro atoms. The molecule has 0 bridgehead atoms. The predicted molar refractivity (Wildman–Crippen MR) is 76.9 cm³/mol. The third-order valence-electron chi connectivity index (χ3n) is 3.44. The SMILES string of the molecule is CCNC(C)CCSc1ccc2c(c1)CCC2. The monoisotopic (exact) mass is 249 g/mol. The Labute approximate surface area is 109 Å². The minimum Gasteiger partial charge on any atom is -0.315 e. The van der Waals surface area contributed by atoms with E-state index in [2.05, 4.69) is 37.4 Å². The molecular weight excluding hydrogens is 226 g/mol. The van der Waals surface area contributed by atoms with Crippen LogP contribution in [0, 0.1) is 0 Å². The van der Waals surface area contributed by atoms with Gasteiger partial charge in [0, 0.05) is 10.9 Å². The second-order valence-corrected chi connectivity index (χ2v) is 6.05. The number of rotatable bonds is 6. The Morgan fingerprint density at radius 1 is 1.29 bits per heavy atom. The Kier molecular flexibility index (Phi) is 4.93. The topological polar surface area (TPSA) is 12.0 Å².